The summed E-state index contributed by atoms with van der Waals surface area (Å²) in [5.41, 5.74) is -4.86. The monoisotopic (exact) mass is 316 g/mol. The fraction of sp³-hybridized carbons (Fsp3) is 0.250. The first-order valence-electron chi connectivity index (χ1n) is 5.33. The van der Waals surface area contributed by atoms with E-state index >= 15 is 0 Å². The number of hydrogen-bond acceptors (Lipinski definition) is 9. The Hall–Kier alpha value is -3.58. The first kappa shape index (κ1) is 16.5. The molecule has 0 aliphatic heterocycles. The number of nitro benzene ring substituents is 3. The molecule has 0 fully saturated rings. The standard InChI is InChI=1S/C8H8N6O8/c1-9-6-4(11(15)16)3-5(12(17)18)7(8(6)13(19)20)10(2)14(21)22/h3,9H,1-2H3. The second-order valence-electron chi connectivity index (χ2n) is 3.77. The average molecular weight is 316 g/mol. The molecule has 0 spiro atoms. The van der Waals surface area contributed by atoms with Crippen LogP contribution in [-0.4, -0.2) is 33.9 Å². The molecule has 1 aromatic carbocycles. The van der Waals surface area contributed by atoms with Crippen LogP contribution in [-0.2, 0) is 0 Å². The van der Waals surface area contributed by atoms with Crippen LogP contribution in [0.1, 0.15) is 0 Å². The number of nitrogens with one attached hydrogen (secondary N) is 1. The minimum absolute atomic E-state index is 0.0564. The van der Waals surface area contributed by atoms with Gasteiger partial charge in [-0.15, -0.1) is 0 Å². The molecular formula is C8H8N6O8. The van der Waals surface area contributed by atoms with Crippen molar-refractivity contribution in [3.8, 4) is 0 Å². The number of hydrogen-bond donors (Lipinski definition) is 1. The molecule has 0 amide bonds. The summed E-state index contributed by atoms with van der Waals surface area (Å²) >= 11 is 0. The molecule has 14 heteroatoms. The van der Waals surface area contributed by atoms with Gasteiger partial charge in [0.2, 0.25) is 0 Å². The normalized spacial score (nSPS) is 9.91. The van der Waals surface area contributed by atoms with Gasteiger partial charge in [-0.2, -0.15) is 0 Å². The summed E-state index contributed by atoms with van der Waals surface area (Å²) in [6.07, 6.45) is 0. The van der Waals surface area contributed by atoms with E-state index in [1.54, 1.807) is 0 Å². The second kappa shape index (κ2) is 5.81. The Balaban J connectivity index is 4.01. The first-order valence-corrected chi connectivity index (χ1v) is 5.33. The van der Waals surface area contributed by atoms with Gasteiger partial charge in [-0.05, 0) is 0 Å². The van der Waals surface area contributed by atoms with Crippen molar-refractivity contribution >= 4 is 28.4 Å². The van der Waals surface area contributed by atoms with Gasteiger partial charge in [0.25, 0.3) is 5.69 Å². The van der Waals surface area contributed by atoms with Crippen molar-refractivity contribution in [2.75, 3.05) is 24.4 Å². The largest absolute Gasteiger partial charge is 0.377 e. The predicted molar refractivity (Wildman–Crippen MR) is 71.3 cm³/mol. The van der Waals surface area contributed by atoms with E-state index in [0.717, 1.165) is 14.1 Å². The van der Waals surface area contributed by atoms with E-state index in [9.17, 15) is 40.5 Å². The smallest absolute Gasteiger partial charge is 0.335 e. The summed E-state index contributed by atoms with van der Waals surface area (Å²) in [5.74, 6) is 0. The molecule has 0 saturated heterocycles. The molecule has 1 N–H and O–H groups in total. The van der Waals surface area contributed by atoms with Crippen LogP contribution in [0.2, 0.25) is 0 Å². The number of nitro groups is 4. The lowest BCUT2D eigenvalue weighted by Gasteiger charge is -2.12. The third-order valence-corrected chi connectivity index (χ3v) is 2.63. The van der Waals surface area contributed by atoms with E-state index in [-0.39, 0.29) is 5.01 Å². The highest BCUT2D eigenvalue weighted by molar-refractivity contribution is 5.89. The van der Waals surface area contributed by atoms with Crippen LogP contribution in [0.3, 0.4) is 0 Å². The Morgan fingerprint density at radius 3 is 1.77 bits per heavy atom. The molecule has 0 unspecified atom stereocenters. The highest BCUT2D eigenvalue weighted by atomic mass is 16.7. The van der Waals surface area contributed by atoms with Gasteiger partial charge in [0.15, 0.2) is 10.7 Å². The molecule has 0 atom stereocenters. The zero-order valence-electron chi connectivity index (χ0n) is 11.1. The zero-order valence-corrected chi connectivity index (χ0v) is 11.1. The summed E-state index contributed by atoms with van der Waals surface area (Å²) < 4.78 is 0. The highest BCUT2D eigenvalue weighted by Crippen LogP contribution is 2.47. The highest BCUT2D eigenvalue weighted by Gasteiger charge is 2.41. The molecular weight excluding hydrogens is 308 g/mol. The van der Waals surface area contributed by atoms with Gasteiger partial charge < -0.3 is 5.32 Å². The minimum Gasteiger partial charge on any atom is -0.377 e. The molecule has 0 aromatic heterocycles. The average Bonchev–Trinajstić information content (AvgIpc) is 2.43. The van der Waals surface area contributed by atoms with Gasteiger partial charge in [-0.1, -0.05) is 5.01 Å². The fourth-order valence-corrected chi connectivity index (χ4v) is 1.74. The predicted octanol–water partition coefficient (Wildman–Crippen LogP) is 1.08. The van der Waals surface area contributed by atoms with Gasteiger partial charge in [-0.3, -0.25) is 30.3 Å². The lowest BCUT2D eigenvalue weighted by atomic mass is 10.1. The Labute approximate surface area is 120 Å². The third kappa shape index (κ3) is 2.65. The van der Waals surface area contributed by atoms with Gasteiger partial charge in [0.1, 0.15) is 0 Å². The molecule has 118 valence electrons. The maximum absolute atomic E-state index is 11.1. The Morgan fingerprint density at radius 2 is 1.45 bits per heavy atom. The first-order chi connectivity index (χ1) is 10.1. The SMILES string of the molecule is CNc1c([N+](=O)[O-])cc([N+](=O)[O-])c(N(C)[N+](=O)[O-])c1[N+](=O)[O-]. The van der Waals surface area contributed by atoms with Crippen LogP contribution in [0, 0.1) is 40.5 Å². The molecule has 0 aliphatic carbocycles. The van der Waals surface area contributed by atoms with E-state index in [4.69, 9.17) is 0 Å². The quantitative estimate of drug-likeness (QED) is 0.587. The number of anilines is 2. The molecule has 22 heavy (non-hydrogen) atoms. The molecule has 0 heterocycles. The van der Waals surface area contributed by atoms with Crippen molar-refractivity contribution in [1.82, 2.24) is 0 Å². The number of nitrogens with zero attached hydrogens (tertiary/aromatic N) is 5. The van der Waals surface area contributed by atoms with Crippen molar-refractivity contribution in [2.24, 2.45) is 0 Å². The van der Waals surface area contributed by atoms with Gasteiger partial charge in [-0.25, -0.2) is 10.1 Å². The number of hydrazine groups is 1. The summed E-state index contributed by atoms with van der Waals surface area (Å²) in [4.78, 5) is 40.5. The van der Waals surface area contributed by atoms with E-state index in [0.29, 0.717) is 6.07 Å². The Morgan fingerprint density at radius 1 is 0.955 bits per heavy atom. The van der Waals surface area contributed by atoms with Gasteiger partial charge >= 0.3 is 17.1 Å². The van der Waals surface area contributed by atoms with Crippen molar-refractivity contribution in [3.05, 3.63) is 46.5 Å². The van der Waals surface area contributed by atoms with Gasteiger partial charge in [0.05, 0.1) is 27.9 Å². The van der Waals surface area contributed by atoms with Crippen LogP contribution in [0.25, 0.3) is 0 Å². The van der Waals surface area contributed by atoms with Crippen molar-refractivity contribution in [2.45, 2.75) is 0 Å². The Kier molecular flexibility index (Phi) is 4.35. The molecule has 0 radical (unpaired) electrons. The third-order valence-electron chi connectivity index (χ3n) is 2.63. The molecule has 14 nitrogen and oxygen atoms in total. The van der Waals surface area contributed by atoms with E-state index in [1.807, 2.05) is 0 Å². The minimum atomic E-state index is -1.17. The van der Waals surface area contributed by atoms with Crippen LogP contribution in [0.5, 0.6) is 0 Å². The fourth-order valence-electron chi connectivity index (χ4n) is 1.74. The van der Waals surface area contributed by atoms with Crippen LogP contribution >= 0.6 is 0 Å². The molecule has 0 saturated carbocycles. The lowest BCUT2D eigenvalue weighted by molar-refractivity contribution is -0.493. The Bertz CT molecular complexity index is 688. The van der Waals surface area contributed by atoms with Crippen LogP contribution in [0.4, 0.5) is 28.4 Å². The topological polar surface area (TPSA) is 188 Å². The molecule has 0 bridgehead atoms. The van der Waals surface area contributed by atoms with E-state index in [1.165, 1.54) is 0 Å². The van der Waals surface area contributed by atoms with Crippen LogP contribution < -0.4 is 10.3 Å². The summed E-state index contributed by atoms with van der Waals surface area (Å²) in [6, 6.07) is 0.425. The van der Waals surface area contributed by atoms with E-state index < -0.39 is 48.2 Å². The zero-order chi connectivity index (χ0) is 17.2. The van der Waals surface area contributed by atoms with Crippen molar-refractivity contribution in [3.63, 3.8) is 0 Å². The molecule has 0 aliphatic rings. The summed E-state index contributed by atoms with van der Waals surface area (Å²) in [5, 5.41) is 45.0. The van der Waals surface area contributed by atoms with E-state index in [2.05, 4.69) is 5.32 Å². The lowest BCUT2D eigenvalue weighted by Crippen LogP contribution is -2.26. The number of benzene rings is 1. The second-order valence-corrected chi connectivity index (χ2v) is 3.77. The van der Waals surface area contributed by atoms with Crippen molar-refractivity contribution < 1.29 is 19.8 Å². The number of rotatable bonds is 6. The van der Waals surface area contributed by atoms with Crippen molar-refractivity contribution in [1.29, 1.82) is 0 Å². The maximum atomic E-state index is 11.1. The van der Waals surface area contributed by atoms with Gasteiger partial charge in [0, 0.05) is 7.05 Å². The molecule has 1 rings (SSSR count). The van der Waals surface area contributed by atoms with Crippen LogP contribution in [0.15, 0.2) is 6.07 Å². The maximum Gasteiger partial charge on any atom is 0.335 e. The summed E-state index contributed by atoms with van der Waals surface area (Å²) in [7, 11) is 1.86. The summed E-state index contributed by atoms with van der Waals surface area (Å²) in [6.45, 7) is 0. The molecule has 1 aromatic rings.